The predicted octanol–water partition coefficient (Wildman–Crippen LogP) is 5.22. The SMILES string of the molecule is CCOc1cc(CNCCCOC(C)C)ccc1OCc1ccc(Cl)cc1. The number of ether oxygens (including phenoxy) is 3. The van der Waals surface area contributed by atoms with Crippen LogP contribution in [0.2, 0.25) is 5.02 Å². The van der Waals surface area contributed by atoms with Crippen molar-refractivity contribution < 1.29 is 14.2 Å². The van der Waals surface area contributed by atoms with Gasteiger partial charge >= 0.3 is 0 Å². The Bertz CT molecular complexity index is 674. The zero-order valence-corrected chi connectivity index (χ0v) is 17.2. The zero-order valence-electron chi connectivity index (χ0n) is 16.5. The predicted molar refractivity (Wildman–Crippen MR) is 111 cm³/mol. The van der Waals surface area contributed by atoms with E-state index < -0.39 is 0 Å². The third kappa shape index (κ3) is 8.21. The van der Waals surface area contributed by atoms with Gasteiger partial charge in [-0.3, -0.25) is 0 Å². The van der Waals surface area contributed by atoms with Crippen molar-refractivity contribution in [3.05, 3.63) is 58.6 Å². The van der Waals surface area contributed by atoms with Gasteiger partial charge in [0.25, 0.3) is 0 Å². The van der Waals surface area contributed by atoms with Crippen molar-refractivity contribution >= 4 is 11.6 Å². The van der Waals surface area contributed by atoms with Crippen molar-refractivity contribution in [2.75, 3.05) is 19.8 Å². The smallest absolute Gasteiger partial charge is 0.161 e. The van der Waals surface area contributed by atoms with Gasteiger partial charge in [-0.15, -0.1) is 0 Å². The van der Waals surface area contributed by atoms with Crippen LogP contribution in [0.25, 0.3) is 0 Å². The first kappa shape index (κ1) is 21.5. The van der Waals surface area contributed by atoms with E-state index >= 15 is 0 Å². The van der Waals surface area contributed by atoms with E-state index in [-0.39, 0.29) is 0 Å². The molecule has 4 nitrogen and oxygen atoms in total. The van der Waals surface area contributed by atoms with Crippen LogP contribution in [0.5, 0.6) is 11.5 Å². The van der Waals surface area contributed by atoms with Crippen LogP contribution in [0.15, 0.2) is 42.5 Å². The van der Waals surface area contributed by atoms with Crippen LogP contribution in [0.1, 0.15) is 38.3 Å². The van der Waals surface area contributed by atoms with E-state index in [1.165, 1.54) is 5.56 Å². The third-order valence-corrected chi connectivity index (χ3v) is 4.15. The van der Waals surface area contributed by atoms with Gasteiger partial charge in [0.05, 0.1) is 12.7 Å². The van der Waals surface area contributed by atoms with Crippen LogP contribution in [0.3, 0.4) is 0 Å². The summed E-state index contributed by atoms with van der Waals surface area (Å²) in [5.41, 5.74) is 2.23. The lowest BCUT2D eigenvalue weighted by molar-refractivity contribution is 0.0770. The third-order valence-electron chi connectivity index (χ3n) is 3.89. The summed E-state index contributed by atoms with van der Waals surface area (Å²) >= 11 is 5.92. The summed E-state index contributed by atoms with van der Waals surface area (Å²) in [7, 11) is 0. The highest BCUT2D eigenvalue weighted by molar-refractivity contribution is 6.30. The van der Waals surface area contributed by atoms with E-state index in [4.69, 9.17) is 25.8 Å². The van der Waals surface area contributed by atoms with Gasteiger partial charge in [-0.2, -0.15) is 0 Å². The first-order valence-corrected chi connectivity index (χ1v) is 9.91. The van der Waals surface area contributed by atoms with Gasteiger partial charge in [0.2, 0.25) is 0 Å². The maximum atomic E-state index is 5.95. The molecule has 0 saturated carbocycles. The molecule has 0 aliphatic carbocycles. The molecule has 0 saturated heterocycles. The number of rotatable bonds is 12. The molecule has 0 amide bonds. The van der Waals surface area contributed by atoms with Crippen LogP contribution in [0.4, 0.5) is 0 Å². The molecule has 0 fully saturated rings. The lowest BCUT2D eigenvalue weighted by Crippen LogP contribution is -2.17. The van der Waals surface area contributed by atoms with E-state index in [0.717, 1.165) is 48.2 Å². The van der Waals surface area contributed by atoms with Gasteiger partial charge in [0.1, 0.15) is 6.61 Å². The maximum Gasteiger partial charge on any atom is 0.161 e. The number of hydrogen-bond acceptors (Lipinski definition) is 4. The number of nitrogens with one attached hydrogen (secondary N) is 1. The average Bonchev–Trinajstić information content (AvgIpc) is 2.65. The molecule has 0 heterocycles. The molecule has 2 aromatic rings. The Morgan fingerprint density at radius 1 is 0.963 bits per heavy atom. The van der Waals surface area contributed by atoms with Crippen molar-refractivity contribution in [1.29, 1.82) is 0 Å². The van der Waals surface area contributed by atoms with Crippen molar-refractivity contribution in [1.82, 2.24) is 5.32 Å². The minimum Gasteiger partial charge on any atom is -0.490 e. The molecule has 2 aromatic carbocycles. The second-order valence-electron chi connectivity index (χ2n) is 6.58. The summed E-state index contributed by atoms with van der Waals surface area (Å²) in [5, 5.41) is 4.16. The molecule has 148 valence electrons. The highest BCUT2D eigenvalue weighted by atomic mass is 35.5. The molecular weight excluding hydrogens is 362 g/mol. The topological polar surface area (TPSA) is 39.7 Å². The number of benzene rings is 2. The molecule has 2 rings (SSSR count). The molecule has 5 heteroatoms. The minimum atomic E-state index is 0.291. The van der Waals surface area contributed by atoms with Crippen LogP contribution in [-0.2, 0) is 17.9 Å². The van der Waals surface area contributed by atoms with Gasteiger partial charge in [0.15, 0.2) is 11.5 Å². The molecule has 1 N–H and O–H groups in total. The van der Waals surface area contributed by atoms with Crippen molar-refractivity contribution in [3.8, 4) is 11.5 Å². The summed E-state index contributed by atoms with van der Waals surface area (Å²) < 4.78 is 17.3. The van der Waals surface area contributed by atoms with Crippen LogP contribution in [0, 0.1) is 0 Å². The standard InChI is InChI=1S/C22H30ClNO3/c1-4-25-22-14-19(15-24-12-5-13-26-17(2)3)8-11-21(22)27-16-18-6-9-20(23)10-7-18/h6-11,14,17,24H,4-5,12-13,15-16H2,1-3H3. The molecule has 0 aromatic heterocycles. The molecule has 0 spiro atoms. The Hall–Kier alpha value is -1.75. The molecular formula is C22H30ClNO3. The normalized spacial score (nSPS) is 11.0. The van der Waals surface area contributed by atoms with Crippen molar-refractivity contribution in [3.63, 3.8) is 0 Å². The second kappa shape index (κ2) is 11.9. The highest BCUT2D eigenvalue weighted by Crippen LogP contribution is 2.29. The fraction of sp³-hybridized carbons (Fsp3) is 0.455. The summed E-state index contributed by atoms with van der Waals surface area (Å²) in [6, 6.07) is 13.7. The minimum absolute atomic E-state index is 0.291. The Morgan fingerprint density at radius 2 is 1.70 bits per heavy atom. The molecule has 0 radical (unpaired) electrons. The van der Waals surface area contributed by atoms with Crippen molar-refractivity contribution in [2.24, 2.45) is 0 Å². The van der Waals surface area contributed by atoms with Gasteiger partial charge < -0.3 is 19.5 Å². The van der Waals surface area contributed by atoms with Gasteiger partial charge in [-0.1, -0.05) is 29.8 Å². The zero-order chi connectivity index (χ0) is 19.5. The number of halogens is 1. The summed E-state index contributed by atoms with van der Waals surface area (Å²) in [6.45, 7) is 9.66. The summed E-state index contributed by atoms with van der Waals surface area (Å²) in [6.07, 6.45) is 1.29. The van der Waals surface area contributed by atoms with E-state index in [1.807, 2.05) is 43.3 Å². The molecule has 0 bridgehead atoms. The lowest BCUT2D eigenvalue weighted by atomic mass is 10.2. The first-order chi connectivity index (χ1) is 13.1. The first-order valence-electron chi connectivity index (χ1n) is 9.53. The largest absolute Gasteiger partial charge is 0.490 e. The Balaban J connectivity index is 1.86. The van der Waals surface area contributed by atoms with Crippen LogP contribution < -0.4 is 14.8 Å². The van der Waals surface area contributed by atoms with E-state index in [1.54, 1.807) is 0 Å². The number of hydrogen-bond donors (Lipinski definition) is 1. The molecule has 0 aliphatic rings. The Morgan fingerprint density at radius 3 is 2.41 bits per heavy atom. The fourth-order valence-corrected chi connectivity index (χ4v) is 2.67. The van der Waals surface area contributed by atoms with E-state index in [2.05, 4.69) is 25.2 Å². The van der Waals surface area contributed by atoms with Gasteiger partial charge in [0, 0.05) is 18.2 Å². The van der Waals surface area contributed by atoms with Crippen LogP contribution >= 0.6 is 11.6 Å². The van der Waals surface area contributed by atoms with Crippen LogP contribution in [-0.4, -0.2) is 25.9 Å². The van der Waals surface area contributed by atoms with Crippen molar-refractivity contribution in [2.45, 2.75) is 46.4 Å². The molecule has 27 heavy (non-hydrogen) atoms. The monoisotopic (exact) mass is 391 g/mol. The summed E-state index contributed by atoms with van der Waals surface area (Å²) in [5.74, 6) is 1.52. The van der Waals surface area contributed by atoms with Gasteiger partial charge in [-0.05, 0) is 69.1 Å². The Labute approximate surface area is 167 Å². The quantitative estimate of drug-likeness (QED) is 0.503. The summed E-state index contributed by atoms with van der Waals surface area (Å²) in [4.78, 5) is 0. The Kier molecular flexibility index (Phi) is 9.46. The molecule has 0 unspecified atom stereocenters. The van der Waals surface area contributed by atoms with E-state index in [9.17, 15) is 0 Å². The second-order valence-corrected chi connectivity index (χ2v) is 7.02. The van der Waals surface area contributed by atoms with Gasteiger partial charge in [-0.25, -0.2) is 0 Å². The maximum absolute atomic E-state index is 5.95. The highest BCUT2D eigenvalue weighted by Gasteiger charge is 2.07. The fourth-order valence-electron chi connectivity index (χ4n) is 2.54. The average molecular weight is 392 g/mol. The molecule has 0 aliphatic heterocycles. The van der Waals surface area contributed by atoms with E-state index in [0.29, 0.717) is 19.3 Å². The lowest BCUT2D eigenvalue weighted by Gasteiger charge is -2.14. The molecule has 0 atom stereocenters.